The topological polar surface area (TPSA) is 108 Å². The van der Waals surface area contributed by atoms with Crippen molar-refractivity contribution in [3.05, 3.63) is 101 Å². The molecule has 0 saturated heterocycles. The molecule has 3 aromatic carbocycles. The number of aryl methyl sites for hydroxylation is 1. The SMILES string of the molecule is O=C(COC(=O)CCCn1c(=O)oc2ccccc21)Nc1ccccc1C(=O)c1ccccc1. The van der Waals surface area contributed by atoms with Crippen LogP contribution in [0.15, 0.2) is 88.1 Å². The highest BCUT2D eigenvalue weighted by Gasteiger charge is 2.16. The van der Waals surface area contributed by atoms with Crippen LogP contribution in [0.5, 0.6) is 0 Å². The van der Waals surface area contributed by atoms with Gasteiger partial charge in [0.15, 0.2) is 18.0 Å². The molecule has 0 aliphatic rings. The Balaban J connectivity index is 1.28. The smallest absolute Gasteiger partial charge is 0.419 e. The van der Waals surface area contributed by atoms with E-state index in [1.54, 1.807) is 72.8 Å². The average molecular weight is 458 g/mol. The first-order chi connectivity index (χ1) is 16.5. The Labute approximate surface area is 194 Å². The Hall–Kier alpha value is -4.46. The number of hydrogen-bond donors (Lipinski definition) is 1. The summed E-state index contributed by atoms with van der Waals surface area (Å²) in [5.41, 5.74) is 2.32. The first-order valence-electron chi connectivity index (χ1n) is 10.8. The van der Waals surface area contributed by atoms with E-state index in [9.17, 15) is 19.2 Å². The fourth-order valence-electron chi connectivity index (χ4n) is 3.55. The summed E-state index contributed by atoms with van der Waals surface area (Å²) in [5, 5.41) is 2.63. The van der Waals surface area contributed by atoms with Crippen molar-refractivity contribution in [2.75, 3.05) is 11.9 Å². The van der Waals surface area contributed by atoms with Crippen molar-refractivity contribution in [1.82, 2.24) is 4.57 Å². The number of fused-ring (bicyclic) bond motifs is 1. The molecule has 4 rings (SSSR count). The summed E-state index contributed by atoms with van der Waals surface area (Å²) in [6.07, 6.45) is 0.376. The monoisotopic (exact) mass is 458 g/mol. The minimum atomic E-state index is -0.565. The maximum atomic E-state index is 12.8. The Morgan fingerprint density at radius 2 is 1.59 bits per heavy atom. The van der Waals surface area contributed by atoms with Gasteiger partial charge in [-0.3, -0.25) is 19.0 Å². The standard InChI is InChI=1S/C26H22N2O6/c29-23(27-20-12-5-4-11-19(20)25(31)18-9-2-1-3-10-18)17-33-24(30)15-8-16-28-21-13-6-7-14-22(21)34-26(28)32/h1-7,9-14H,8,15-17H2,(H,27,29). The van der Waals surface area contributed by atoms with Gasteiger partial charge in [0, 0.05) is 24.1 Å². The molecular weight excluding hydrogens is 436 g/mol. The van der Waals surface area contributed by atoms with Gasteiger partial charge >= 0.3 is 11.7 Å². The number of aromatic nitrogens is 1. The summed E-state index contributed by atoms with van der Waals surface area (Å²) in [6, 6.07) is 22.4. The van der Waals surface area contributed by atoms with Crippen LogP contribution in [0.2, 0.25) is 0 Å². The van der Waals surface area contributed by atoms with Gasteiger partial charge < -0.3 is 14.5 Å². The van der Waals surface area contributed by atoms with Gasteiger partial charge in [-0.1, -0.05) is 54.6 Å². The number of para-hydroxylation sites is 3. The van der Waals surface area contributed by atoms with E-state index in [-0.39, 0.29) is 18.7 Å². The van der Waals surface area contributed by atoms with Gasteiger partial charge in [-0.05, 0) is 30.7 Å². The fourth-order valence-corrected chi connectivity index (χ4v) is 3.55. The van der Waals surface area contributed by atoms with E-state index in [2.05, 4.69) is 5.32 Å². The molecule has 0 spiro atoms. The molecule has 0 aliphatic heterocycles. The minimum absolute atomic E-state index is 0.0301. The first-order valence-corrected chi connectivity index (χ1v) is 10.8. The molecule has 0 atom stereocenters. The molecule has 0 radical (unpaired) electrons. The number of ketones is 1. The highest BCUT2D eigenvalue weighted by Crippen LogP contribution is 2.19. The Morgan fingerprint density at radius 3 is 2.41 bits per heavy atom. The van der Waals surface area contributed by atoms with Crippen molar-refractivity contribution in [1.29, 1.82) is 0 Å². The van der Waals surface area contributed by atoms with Crippen LogP contribution in [0, 0.1) is 0 Å². The number of oxazole rings is 1. The van der Waals surface area contributed by atoms with E-state index in [0.717, 1.165) is 0 Å². The van der Waals surface area contributed by atoms with E-state index >= 15 is 0 Å². The van der Waals surface area contributed by atoms with Crippen molar-refractivity contribution in [3.8, 4) is 0 Å². The van der Waals surface area contributed by atoms with Gasteiger partial charge in [0.05, 0.1) is 11.2 Å². The van der Waals surface area contributed by atoms with Gasteiger partial charge in [0.1, 0.15) is 0 Å². The number of hydrogen-bond acceptors (Lipinski definition) is 6. The highest BCUT2D eigenvalue weighted by molar-refractivity contribution is 6.13. The van der Waals surface area contributed by atoms with E-state index in [1.165, 1.54) is 4.57 Å². The predicted octanol–water partition coefficient (Wildman–Crippen LogP) is 3.79. The zero-order chi connectivity index (χ0) is 23.9. The molecule has 8 heteroatoms. The quantitative estimate of drug-likeness (QED) is 0.302. The number of amides is 1. The molecule has 4 aromatic rings. The molecule has 0 bridgehead atoms. The summed E-state index contributed by atoms with van der Waals surface area (Å²) in [7, 11) is 0. The third-order valence-electron chi connectivity index (χ3n) is 5.18. The Kier molecular flexibility index (Phi) is 6.98. The zero-order valence-corrected chi connectivity index (χ0v) is 18.2. The van der Waals surface area contributed by atoms with Crippen LogP contribution in [-0.2, 0) is 20.9 Å². The number of carbonyl (C=O) groups is 3. The molecular formula is C26H22N2O6. The lowest BCUT2D eigenvalue weighted by atomic mass is 10.0. The van der Waals surface area contributed by atoms with Crippen molar-refractivity contribution in [3.63, 3.8) is 0 Å². The summed E-state index contributed by atoms with van der Waals surface area (Å²) < 4.78 is 11.7. The van der Waals surface area contributed by atoms with Gasteiger partial charge in [-0.25, -0.2) is 4.79 Å². The molecule has 0 unspecified atom stereocenters. The fraction of sp³-hybridized carbons (Fsp3) is 0.154. The first kappa shape index (κ1) is 22.7. The maximum absolute atomic E-state index is 12.8. The molecule has 1 aromatic heterocycles. The van der Waals surface area contributed by atoms with Crippen LogP contribution in [0.25, 0.3) is 11.1 Å². The van der Waals surface area contributed by atoms with E-state index in [0.29, 0.717) is 34.3 Å². The van der Waals surface area contributed by atoms with Crippen molar-refractivity contribution >= 4 is 34.4 Å². The number of carbonyl (C=O) groups excluding carboxylic acids is 3. The highest BCUT2D eigenvalue weighted by atomic mass is 16.5. The lowest BCUT2D eigenvalue weighted by Gasteiger charge is -2.11. The molecule has 1 heterocycles. The second kappa shape index (κ2) is 10.4. The normalized spacial score (nSPS) is 10.7. The number of nitrogens with zero attached hydrogens (tertiary/aromatic N) is 1. The van der Waals surface area contributed by atoms with Gasteiger partial charge in [0.2, 0.25) is 0 Å². The third kappa shape index (κ3) is 5.29. The molecule has 1 amide bonds. The van der Waals surface area contributed by atoms with Gasteiger partial charge in [0.25, 0.3) is 5.91 Å². The molecule has 172 valence electrons. The lowest BCUT2D eigenvalue weighted by molar-refractivity contribution is -0.147. The van der Waals surface area contributed by atoms with Crippen LogP contribution >= 0.6 is 0 Å². The second-order valence-electron chi connectivity index (χ2n) is 7.54. The number of ether oxygens (including phenoxy) is 1. The molecule has 8 nitrogen and oxygen atoms in total. The van der Waals surface area contributed by atoms with Crippen LogP contribution in [-0.4, -0.2) is 28.8 Å². The molecule has 0 aliphatic carbocycles. The number of anilines is 1. The average Bonchev–Trinajstić information content (AvgIpc) is 3.18. The lowest BCUT2D eigenvalue weighted by Crippen LogP contribution is -2.22. The van der Waals surface area contributed by atoms with Crippen LogP contribution in [0.4, 0.5) is 5.69 Å². The van der Waals surface area contributed by atoms with Gasteiger partial charge in [-0.15, -0.1) is 0 Å². The van der Waals surface area contributed by atoms with Crippen LogP contribution in [0.3, 0.4) is 0 Å². The minimum Gasteiger partial charge on any atom is -0.456 e. The van der Waals surface area contributed by atoms with Crippen LogP contribution in [0.1, 0.15) is 28.8 Å². The van der Waals surface area contributed by atoms with Crippen LogP contribution < -0.4 is 11.1 Å². The largest absolute Gasteiger partial charge is 0.456 e. The molecule has 0 saturated carbocycles. The maximum Gasteiger partial charge on any atom is 0.419 e. The number of benzene rings is 3. The molecule has 34 heavy (non-hydrogen) atoms. The molecule has 0 fully saturated rings. The summed E-state index contributed by atoms with van der Waals surface area (Å²) in [4.78, 5) is 49.1. The van der Waals surface area contributed by atoms with E-state index < -0.39 is 24.2 Å². The van der Waals surface area contributed by atoms with Crippen molar-refractivity contribution in [2.24, 2.45) is 0 Å². The third-order valence-corrected chi connectivity index (χ3v) is 5.18. The van der Waals surface area contributed by atoms with Crippen molar-refractivity contribution < 1.29 is 23.5 Å². The summed E-state index contributed by atoms with van der Waals surface area (Å²) in [6.45, 7) is -0.201. The number of esters is 1. The van der Waals surface area contributed by atoms with Gasteiger partial charge in [-0.2, -0.15) is 0 Å². The Morgan fingerprint density at radius 1 is 0.882 bits per heavy atom. The molecule has 1 N–H and O–H groups in total. The Bertz CT molecular complexity index is 1390. The summed E-state index contributed by atoms with van der Waals surface area (Å²) in [5.74, 6) is -1.84. The van der Waals surface area contributed by atoms with Crippen molar-refractivity contribution in [2.45, 2.75) is 19.4 Å². The van der Waals surface area contributed by atoms with E-state index in [1.807, 2.05) is 6.07 Å². The number of rotatable bonds is 9. The summed E-state index contributed by atoms with van der Waals surface area (Å²) >= 11 is 0. The zero-order valence-electron chi connectivity index (χ0n) is 18.2. The second-order valence-corrected chi connectivity index (χ2v) is 7.54. The predicted molar refractivity (Wildman–Crippen MR) is 126 cm³/mol. The van der Waals surface area contributed by atoms with E-state index in [4.69, 9.17) is 9.15 Å². The number of nitrogens with one attached hydrogen (secondary N) is 1.